The topological polar surface area (TPSA) is 46.2 Å². The SMILES string of the molecule is CCCCC(CCC)c1cccc(O)c1N. The molecule has 0 amide bonds. The maximum Gasteiger partial charge on any atom is 0.138 e. The van der Waals surface area contributed by atoms with Crippen molar-refractivity contribution in [2.75, 3.05) is 5.73 Å². The fourth-order valence-electron chi connectivity index (χ4n) is 2.18. The maximum atomic E-state index is 9.62. The van der Waals surface area contributed by atoms with Gasteiger partial charge in [0.15, 0.2) is 0 Å². The van der Waals surface area contributed by atoms with Crippen LogP contribution in [-0.2, 0) is 0 Å². The van der Waals surface area contributed by atoms with Crippen molar-refractivity contribution in [1.82, 2.24) is 0 Å². The number of phenols is 1. The van der Waals surface area contributed by atoms with Crippen LogP contribution in [0.3, 0.4) is 0 Å². The molecule has 2 nitrogen and oxygen atoms in total. The maximum absolute atomic E-state index is 9.62. The zero-order valence-electron chi connectivity index (χ0n) is 10.4. The van der Waals surface area contributed by atoms with Crippen molar-refractivity contribution >= 4 is 5.69 Å². The Labute approximate surface area is 98.5 Å². The molecule has 16 heavy (non-hydrogen) atoms. The van der Waals surface area contributed by atoms with E-state index in [9.17, 15) is 5.11 Å². The van der Waals surface area contributed by atoms with Gasteiger partial charge in [-0.3, -0.25) is 0 Å². The number of aromatic hydroxyl groups is 1. The molecule has 0 saturated heterocycles. The minimum atomic E-state index is 0.218. The second kappa shape index (κ2) is 6.41. The summed E-state index contributed by atoms with van der Waals surface area (Å²) in [5.74, 6) is 0.715. The van der Waals surface area contributed by atoms with Gasteiger partial charge in [0.25, 0.3) is 0 Å². The van der Waals surface area contributed by atoms with Gasteiger partial charge in [-0.05, 0) is 30.4 Å². The molecule has 0 spiro atoms. The van der Waals surface area contributed by atoms with Crippen molar-refractivity contribution in [2.45, 2.75) is 51.9 Å². The number of rotatable bonds is 6. The highest BCUT2D eigenvalue weighted by atomic mass is 16.3. The van der Waals surface area contributed by atoms with Crippen LogP contribution in [0, 0.1) is 0 Å². The molecule has 0 aliphatic rings. The first-order chi connectivity index (χ1) is 7.70. The van der Waals surface area contributed by atoms with Crippen LogP contribution < -0.4 is 5.73 Å². The van der Waals surface area contributed by atoms with Gasteiger partial charge in [0.1, 0.15) is 5.75 Å². The summed E-state index contributed by atoms with van der Waals surface area (Å²) in [6.45, 7) is 4.40. The van der Waals surface area contributed by atoms with Gasteiger partial charge >= 0.3 is 0 Å². The number of hydrogen-bond donors (Lipinski definition) is 2. The third kappa shape index (κ3) is 3.16. The molecular formula is C14H23NO. The number of hydrogen-bond acceptors (Lipinski definition) is 2. The Bertz CT molecular complexity index is 323. The van der Waals surface area contributed by atoms with E-state index < -0.39 is 0 Å². The van der Waals surface area contributed by atoms with E-state index in [1.807, 2.05) is 12.1 Å². The van der Waals surface area contributed by atoms with Gasteiger partial charge in [-0.2, -0.15) is 0 Å². The van der Waals surface area contributed by atoms with Crippen LogP contribution in [0.2, 0.25) is 0 Å². The molecule has 0 aromatic heterocycles. The number of benzene rings is 1. The Morgan fingerprint density at radius 1 is 1.19 bits per heavy atom. The Hall–Kier alpha value is -1.18. The number of anilines is 1. The number of nitrogen functional groups attached to an aromatic ring is 1. The first-order valence-electron chi connectivity index (χ1n) is 6.28. The minimum absolute atomic E-state index is 0.218. The van der Waals surface area contributed by atoms with E-state index in [4.69, 9.17) is 5.73 Å². The Kier molecular flexibility index (Phi) is 5.17. The molecule has 0 saturated carbocycles. The second-order valence-corrected chi connectivity index (χ2v) is 4.41. The van der Waals surface area contributed by atoms with Crippen LogP contribution >= 0.6 is 0 Å². The second-order valence-electron chi connectivity index (χ2n) is 4.41. The van der Waals surface area contributed by atoms with Crippen molar-refractivity contribution in [3.05, 3.63) is 23.8 Å². The lowest BCUT2D eigenvalue weighted by molar-refractivity contribution is 0.474. The lowest BCUT2D eigenvalue weighted by atomic mass is 9.88. The van der Waals surface area contributed by atoms with Crippen molar-refractivity contribution in [2.24, 2.45) is 0 Å². The predicted molar refractivity (Wildman–Crippen MR) is 69.7 cm³/mol. The lowest BCUT2D eigenvalue weighted by Gasteiger charge is -2.18. The summed E-state index contributed by atoms with van der Waals surface area (Å²) in [5, 5.41) is 9.62. The smallest absolute Gasteiger partial charge is 0.138 e. The van der Waals surface area contributed by atoms with E-state index >= 15 is 0 Å². The van der Waals surface area contributed by atoms with Crippen LogP contribution in [0.15, 0.2) is 18.2 Å². The fraction of sp³-hybridized carbons (Fsp3) is 0.571. The Balaban J connectivity index is 2.86. The van der Waals surface area contributed by atoms with E-state index in [1.165, 1.54) is 12.8 Å². The van der Waals surface area contributed by atoms with Crippen LogP contribution in [0.5, 0.6) is 5.75 Å². The molecule has 3 N–H and O–H groups in total. The molecule has 0 aliphatic heterocycles. The zero-order chi connectivity index (χ0) is 12.0. The minimum Gasteiger partial charge on any atom is -0.506 e. The molecule has 2 heteroatoms. The monoisotopic (exact) mass is 221 g/mol. The summed E-state index contributed by atoms with van der Waals surface area (Å²) in [5.41, 5.74) is 7.62. The van der Waals surface area contributed by atoms with E-state index in [1.54, 1.807) is 6.07 Å². The third-order valence-corrected chi connectivity index (χ3v) is 3.10. The number of nitrogens with two attached hydrogens (primary N) is 1. The molecule has 0 radical (unpaired) electrons. The van der Waals surface area contributed by atoms with Gasteiger partial charge in [-0.1, -0.05) is 45.2 Å². The fourth-order valence-corrected chi connectivity index (χ4v) is 2.18. The van der Waals surface area contributed by atoms with Gasteiger partial charge in [-0.15, -0.1) is 0 Å². The highest BCUT2D eigenvalue weighted by molar-refractivity contribution is 5.58. The molecule has 1 atom stereocenters. The van der Waals surface area contributed by atoms with Crippen molar-refractivity contribution in [3.63, 3.8) is 0 Å². The van der Waals surface area contributed by atoms with Crippen LogP contribution in [0.25, 0.3) is 0 Å². The summed E-state index contributed by atoms with van der Waals surface area (Å²) in [6.07, 6.45) is 5.90. The van der Waals surface area contributed by atoms with Gasteiger partial charge in [0.2, 0.25) is 0 Å². The molecule has 0 heterocycles. The number of para-hydroxylation sites is 1. The highest BCUT2D eigenvalue weighted by Crippen LogP contribution is 2.35. The average molecular weight is 221 g/mol. The first kappa shape index (κ1) is 12.9. The van der Waals surface area contributed by atoms with Crippen molar-refractivity contribution in [1.29, 1.82) is 0 Å². The van der Waals surface area contributed by atoms with Crippen LogP contribution in [-0.4, -0.2) is 5.11 Å². The highest BCUT2D eigenvalue weighted by Gasteiger charge is 2.14. The summed E-state index contributed by atoms with van der Waals surface area (Å²) in [6, 6.07) is 5.59. The molecule has 1 unspecified atom stereocenters. The molecule has 0 aliphatic carbocycles. The Morgan fingerprint density at radius 2 is 1.94 bits per heavy atom. The van der Waals surface area contributed by atoms with Crippen molar-refractivity contribution in [3.8, 4) is 5.75 Å². The van der Waals surface area contributed by atoms with Crippen molar-refractivity contribution < 1.29 is 5.11 Å². The Morgan fingerprint density at radius 3 is 2.56 bits per heavy atom. The summed E-state index contributed by atoms with van der Waals surface area (Å²) in [4.78, 5) is 0. The molecular weight excluding hydrogens is 198 g/mol. The number of unbranched alkanes of at least 4 members (excludes halogenated alkanes) is 1. The van der Waals surface area contributed by atoms with Gasteiger partial charge in [0, 0.05) is 0 Å². The number of phenolic OH excluding ortho intramolecular Hbond substituents is 1. The molecule has 0 fully saturated rings. The third-order valence-electron chi connectivity index (χ3n) is 3.10. The molecule has 0 bridgehead atoms. The molecule has 1 aromatic rings. The lowest BCUT2D eigenvalue weighted by Crippen LogP contribution is -2.03. The summed E-state index contributed by atoms with van der Waals surface area (Å²) < 4.78 is 0. The van der Waals surface area contributed by atoms with E-state index in [2.05, 4.69) is 13.8 Å². The predicted octanol–water partition coefficient (Wildman–Crippen LogP) is 4.05. The van der Waals surface area contributed by atoms with E-state index in [0.29, 0.717) is 11.6 Å². The van der Waals surface area contributed by atoms with Gasteiger partial charge in [0.05, 0.1) is 5.69 Å². The normalized spacial score (nSPS) is 12.6. The standard InChI is InChI=1S/C14H23NO/c1-3-5-8-11(7-4-2)12-9-6-10-13(16)14(12)15/h6,9-11,16H,3-5,7-8,15H2,1-2H3. The zero-order valence-corrected chi connectivity index (χ0v) is 10.4. The quantitative estimate of drug-likeness (QED) is 0.562. The van der Waals surface area contributed by atoms with E-state index in [-0.39, 0.29) is 5.75 Å². The summed E-state index contributed by atoms with van der Waals surface area (Å²) >= 11 is 0. The van der Waals surface area contributed by atoms with Gasteiger partial charge in [-0.25, -0.2) is 0 Å². The summed E-state index contributed by atoms with van der Waals surface area (Å²) in [7, 11) is 0. The van der Waals surface area contributed by atoms with Crippen LogP contribution in [0.4, 0.5) is 5.69 Å². The van der Waals surface area contributed by atoms with E-state index in [0.717, 1.165) is 24.8 Å². The first-order valence-corrected chi connectivity index (χ1v) is 6.28. The largest absolute Gasteiger partial charge is 0.506 e. The molecule has 1 rings (SSSR count). The molecule has 90 valence electrons. The molecule has 1 aromatic carbocycles. The van der Waals surface area contributed by atoms with Gasteiger partial charge < -0.3 is 10.8 Å². The average Bonchev–Trinajstić information content (AvgIpc) is 2.28. The van der Waals surface area contributed by atoms with Crippen LogP contribution in [0.1, 0.15) is 57.4 Å².